The number of carbonyl (C=O) groups excluding carboxylic acids is 1. The van der Waals surface area contributed by atoms with Gasteiger partial charge in [0.25, 0.3) is 5.91 Å². The lowest BCUT2D eigenvalue weighted by Crippen LogP contribution is -2.39. The van der Waals surface area contributed by atoms with Crippen molar-refractivity contribution < 1.29 is 9.18 Å². The molecule has 0 saturated carbocycles. The number of amides is 1. The van der Waals surface area contributed by atoms with Crippen molar-refractivity contribution in [3.05, 3.63) is 29.6 Å². The van der Waals surface area contributed by atoms with Crippen molar-refractivity contribution >= 4 is 23.4 Å². The van der Waals surface area contributed by atoms with Crippen LogP contribution in [0, 0.1) is 5.82 Å². The van der Waals surface area contributed by atoms with E-state index >= 15 is 0 Å². The molecule has 1 aromatic rings. The number of anilines is 1. The minimum atomic E-state index is -0.583. The molecule has 0 aromatic heterocycles. The monoisotopic (exact) mass is 284 g/mol. The van der Waals surface area contributed by atoms with Gasteiger partial charge < -0.3 is 11.1 Å². The molecule has 106 valence electrons. The lowest BCUT2D eigenvalue weighted by Gasteiger charge is -2.29. The first kappa shape index (κ1) is 15.8. The molecule has 0 aliphatic heterocycles. The van der Waals surface area contributed by atoms with Crippen LogP contribution < -0.4 is 11.1 Å². The van der Waals surface area contributed by atoms with Gasteiger partial charge in [-0.05, 0) is 37.3 Å². The summed E-state index contributed by atoms with van der Waals surface area (Å²) < 4.78 is 13.6. The Labute approximate surface area is 118 Å². The molecular formula is C14H21FN2OS. The quantitative estimate of drug-likeness (QED) is 0.789. The molecule has 3 N–H and O–H groups in total. The van der Waals surface area contributed by atoms with Gasteiger partial charge >= 0.3 is 0 Å². The van der Waals surface area contributed by atoms with Crippen molar-refractivity contribution in [2.45, 2.75) is 31.4 Å². The summed E-state index contributed by atoms with van der Waals surface area (Å²) >= 11 is 1.73. The van der Waals surface area contributed by atoms with Crippen LogP contribution in [-0.4, -0.2) is 23.5 Å². The smallest absolute Gasteiger partial charge is 0.254 e. The van der Waals surface area contributed by atoms with Crippen LogP contribution in [0.25, 0.3) is 0 Å². The minimum Gasteiger partial charge on any atom is -0.399 e. The zero-order valence-electron chi connectivity index (χ0n) is 11.6. The number of benzene rings is 1. The third-order valence-electron chi connectivity index (χ3n) is 3.53. The van der Waals surface area contributed by atoms with E-state index < -0.39 is 11.7 Å². The van der Waals surface area contributed by atoms with Crippen molar-refractivity contribution in [2.24, 2.45) is 0 Å². The summed E-state index contributed by atoms with van der Waals surface area (Å²) in [4.78, 5) is 12.0. The van der Waals surface area contributed by atoms with E-state index in [4.69, 9.17) is 5.73 Å². The van der Waals surface area contributed by atoms with Crippen molar-refractivity contribution in [3.8, 4) is 0 Å². The molecule has 0 bridgehead atoms. The molecule has 0 unspecified atom stereocenters. The number of hydrogen-bond donors (Lipinski definition) is 2. The van der Waals surface area contributed by atoms with E-state index in [1.165, 1.54) is 12.1 Å². The van der Waals surface area contributed by atoms with Gasteiger partial charge in [0, 0.05) is 17.0 Å². The molecular weight excluding hydrogens is 263 g/mol. The second-order valence-corrected chi connectivity index (χ2v) is 5.79. The van der Waals surface area contributed by atoms with Gasteiger partial charge in [-0.2, -0.15) is 11.8 Å². The van der Waals surface area contributed by atoms with Crippen LogP contribution in [0.3, 0.4) is 0 Å². The maximum absolute atomic E-state index is 13.6. The predicted molar refractivity (Wildman–Crippen MR) is 80.0 cm³/mol. The van der Waals surface area contributed by atoms with E-state index in [0.717, 1.165) is 18.9 Å². The summed E-state index contributed by atoms with van der Waals surface area (Å²) in [5.74, 6) is -0.974. The molecule has 3 nitrogen and oxygen atoms in total. The molecule has 0 saturated heterocycles. The standard InChI is InChI=1S/C14H21FN2OS/c1-4-14(5-2,19-3)9-17-13(18)11-7-6-10(16)8-12(11)15/h6-8H,4-5,9,16H2,1-3H3,(H,17,18). The van der Waals surface area contributed by atoms with Crippen molar-refractivity contribution in [1.82, 2.24) is 5.32 Å². The van der Waals surface area contributed by atoms with Gasteiger partial charge in [0.15, 0.2) is 0 Å². The molecule has 19 heavy (non-hydrogen) atoms. The lowest BCUT2D eigenvalue weighted by atomic mass is 10.0. The average molecular weight is 284 g/mol. The molecule has 0 heterocycles. The van der Waals surface area contributed by atoms with E-state index in [1.54, 1.807) is 11.8 Å². The number of nitrogens with one attached hydrogen (secondary N) is 1. The van der Waals surface area contributed by atoms with Crippen LogP contribution in [0.5, 0.6) is 0 Å². The zero-order chi connectivity index (χ0) is 14.5. The number of thioether (sulfide) groups is 1. The molecule has 0 spiro atoms. The summed E-state index contributed by atoms with van der Waals surface area (Å²) in [6, 6.07) is 4.11. The first-order valence-corrected chi connectivity index (χ1v) is 7.59. The van der Waals surface area contributed by atoms with Crippen LogP contribution in [-0.2, 0) is 0 Å². The van der Waals surface area contributed by atoms with E-state index in [9.17, 15) is 9.18 Å². The predicted octanol–water partition coefficient (Wildman–Crippen LogP) is 3.06. The van der Waals surface area contributed by atoms with Gasteiger partial charge in [-0.25, -0.2) is 4.39 Å². The topological polar surface area (TPSA) is 55.1 Å². The highest BCUT2D eigenvalue weighted by atomic mass is 32.2. The van der Waals surface area contributed by atoms with Gasteiger partial charge in [-0.3, -0.25) is 4.79 Å². The molecule has 0 atom stereocenters. The van der Waals surface area contributed by atoms with Crippen molar-refractivity contribution in [2.75, 3.05) is 18.5 Å². The van der Waals surface area contributed by atoms with Crippen LogP contribution in [0.4, 0.5) is 10.1 Å². The molecule has 5 heteroatoms. The van der Waals surface area contributed by atoms with E-state index in [1.807, 2.05) is 6.26 Å². The Kier molecular flexibility index (Phi) is 5.66. The number of rotatable bonds is 6. The summed E-state index contributed by atoms with van der Waals surface area (Å²) in [6.45, 7) is 4.72. The summed E-state index contributed by atoms with van der Waals surface area (Å²) in [7, 11) is 0. The van der Waals surface area contributed by atoms with Crippen LogP contribution in [0.15, 0.2) is 18.2 Å². The molecule has 0 fully saturated rings. The maximum Gasteiger partial charge on any atom is 0.254 e. The fourth-order valence-electron chi connectivity index (χ4n) is 1.91. The molecule has 0 aliphatic carbocycles. The van der Waals surface area contributed by atoms with E-state index in [-0.39, 0.29) is 10.3 Å². The van der Waals surface area contributed by atoms with Crippen molar-refractivity contribution in [1.29, 1.82) is 0 Å². The maximum atomic E-state index is 13.6. The Morgan fingerprint density at radius 2 is 2.05 bits per heavy atom. The molecule has 1 rings (SSSR count). The number of halogens is 1. The van der Waals surface area contributed by atoms with Crippen LogP contribution in [0.2, 0.25) is 0 Å². The summed E-state index contributed by atoms with van der Waals surface area (Å²) in [5, 5.41) is 2.81. The fraction of sp³-hybridized carbons (Fsp3) is 0.500. The molecule has 1 amide bonds. The third kappa shape index (κ3) is 3.86. The molecule has 0 aliphatic rings. The molecule has 0 radical (unpaired) electrons. The third-order valence-corrected chi connectivity index (χ3v) is 5.12. The Morgan fingerprint density at radius 3 is 2.53 bits per heavy atom. The summed E-state index contributed by atoms with van der Waals surface area (Å²) in [6.07, 6.45) is 3.94. The fourth-order valence-corrected chi connectivity index (χ4v) is 2.71. The SMILES string of the molecule is CCC(CC)(CNC(=O)c1ccc(N)cc1F)SC. The Balaban J connectivity index is 2.75. The molecule has 1 aromatic carbocycles. The van der Waals surface area contributed by atoms with Crippen molar-refractivity contribution in [3.63, 3.8) is 0 Å². The highest BCUT2D eigenvalue weighted by molar-refractivity contribution is 8.00. The first-order valence-electron chi connectivity index (χ1n) is 6.36. The van der Waals surface area contributed by atoms with Gasteiger partial charge in [0.2, 0.25) is 0 Å². The number of hydrogen-bond acceptors (Lipinski definition) is 3. The highest BCUT2D eigenvalue weighted by Gasteiger charge is 2.26. The first-order chi connectivity index (χ1) is 8.98. The van der Waals surface area contributed by atoms with Crippen LogP contribution in [0.1, 0.15) is 37.0 Å². The van der Waals surface area contributed by atoms with Gasteiger partial charge in [0.1, 0.15) is 5.82 Å². The number of carbonyl (C=O) groups is 1. The average Bonchev–Trinajstić information content (AvgIpc) is 2.40. The number of nitrogen functional groups attached to an aromatic ring is 1. The normalized spacial score (nSPS) is 11.4. The highest BCUT2D eigenvalue weighted by Crippen LogP contribution is 2.29. The van der Waals surface area contributed by atoms with Crippen LogP contribution >= 0.6 is 11.8 Å². The Bertz CT molecular complexity index is 439. The van der Waals surface area contributed by atoms with Gasteiger partial charge in [-0.1, -0.05) is 13.8 Å². The largest absolute Gasteiger partial charge is 0.399 e. The summed E-state index contributed by atoms with van der Waals surface area (Å²) in [5.41, 5.74) is 5.81. The number of nitrogens with two attached hydrogens (primary N) is 1. The van der Waals surface area contributed by atoms with Gasteiger partial charge in [0.05, 0.1) is 5.56 Å². The Morgan fingerprint density at radius 1 is 1.42 bits per heavy atom. The Hall–Kier alpha value is -1.23. The second kappa shape index (κ2) is 6.80. The van der Waals surface area contributed by atoms with Gasteiger partial charge in [-0.15, -0.1) is 0 Å². The van der Waals surface area contributed by atoms with E-state index in [2.05, 4.69) is 19.2 Å². The lowest BCUT2D eigenvalue weighted by molar-refractivity contribution is 0.0945. The van der Waals surface area contributed by atoms with E-state index in [0.29, 0.717) is 12.2 Å². The zero-order valence-corrected chi connectivity index (χ0v) is 12.4. The minimum absolute atomic E-state index is 0.0138. The second-order valence-electron chi connectivity index (χ2n) is 4.52.